The number of allylic oxidation sites excluding steroid dienone is 1. The van der Waals surface area contributed by atoms with Crippen LogP contribution < -0.4 is 0 Å². The van der Waals surface area contributed by atoms with Crippen LogP contribution in [0.5, 0.6) is 0 Å². The molecule has 4 fully saturated rings. The third-order valence-electron chi connectivity index (χ3n) is 8.43. The third-order valence-corrected chi connectivity index (χ3v) is 8.43. The number of hydrogen-bond donors (Lipinski definition) is 2. The van der Waals surface area contributed by atoms with Crippen molar-refractivity contribution in [3.63, 3.8) is 0 Å². The number of ketones is 1. The first-order valence-electron chi connectivity index (χ1n) is 9.46. The second-order valence-corrected chi connectivity index (χ2v) is 9.23. The van der Waals surface area contributed by atoms with E-state index in [9.17, 15) is 15.0 Å². The number of carbonyl (C=O) groups excluding carboxylic acids is 1. The fraction of sp³-hybridized carbons (Fsp3) is 0.850. The molecule has 0 heterocycles. The number of carbonyl (C=O) groups is 1. The van der Waals surface area contributed by atoms with Crippen LogP contribution in [0.15, 0.2) is 11.8 Å². The number of aliphatic hydroxyl groups is 2. The molecule has 0 amide bonds. The van der Waals surface area contributed by atoms with Crippen molar-refractivity contribution in [1.29, 1.82) is 0 Å². The van der Waals surface area contributed by atoms with Crippen LogP contribution in [-0.2, 0) is 4.79 Å². The van der Waals surface area contributed by atoms with Gasteiger partial charge in [-0.1, -0.05) is 13.8 Å². The van der Waals surface area contributed by atoms with Crippen molar-refractivity contribution in [2.45, 2.75) is 71.3 Å². The standard InChI is InChI=1S/C20H30O3/c1-19-7-5-14(22)10-13(19)3-4-15-16(19)6-8-20(2)17(15)9-12(11-21)18(20)23/h11,13-17,21-22H,3-10H2,1-2H3/b12-11-/t13-,14-,15+,16-,17-,19-,20-/m0/s1. The monoisotopic (exact) mass is 318 g/mol. The van der Waals surface area contributed by atoms with E-state index < -0.39 is 0 Å². The molecule has 4 aliphatic carbocycles. The third kappa shape index (κ3) is 2.01. The fourth-order valence-electron chi connectivity index (χ4n) is 7.02. The predicted molar refractivity (Wildman–Crippen MR) is 88.8 cm³/mol. The highest BCUT2D eigenvalue weighted by Gasteiger charge is 2.61. The minimum atomic E-state index is -0.243. The van der Waals surface area contributed by atoms with Gasteiger partial charge in [0.15, 0.2) is 5.78 Å². The predicted octanol–water partition coefficient (Wildman–Crippen LogP) is 4.01. The highest BCUT2D eigenvalue weighted by molar-refractivity contribution is 6.02. The summed E-state index contributed by atoms with van der Waals surface area (Å²) in [6.45, 7) is 4.61. The summed E-state index contributed by atoms with van der Waals surface area (Å²) < 4.78 is 0. The molecule has 3 heteroatoms. The van der Waals surface area contributed by atoms with E-state index in [1.165, 1.54) is 12.8 Å². The summed E-state index contributed by atoms with van der Waals surface area (Å²) in [6, 6.07) is 0. The van der Waals surface area contributed by atoms with Gasteiger partial charge in [0, 0.05) is 11.0 Å². The van der Waals surface area contributed by atoms with Gasteiger partial charge >= 0.3 is 0 Å². The summed E-state index contributed by atoms with van der Waals surface area (Å²) in [5, 5.41) is 19.5. The molecular formula is C20H30O3. The van der Waals surface area contributed by atoms with Crippen LogP contribution in [-0.4, -0.2) is 22.1 Å². The van der Waals surface area contributed by atoms with Crippen molar-refractivity contribution in [3.05, 3.63) is 11.8 Å². The first kappa shape index (κ1) is 15.7. The number of hydrogen-bond acceptors (Lipinski definition) is 3. The molecule has 4 aliphatic rings. The van der Waals surface area contributed by atoms with E-state index in [4.69, 9.17) is 0 Å². The molecule has 0 aromatic carbocycles. The molecule has 0 bridgehead atoms. The number of fused-ring (bicyclic) bond motifs is 5. The van der Waals surface area contributed by atoms with E-state index in [0.717, 1.165) is 44.8 Å². The van der Waals surface area contributed by atoms with Gasteiger partial charge in [0.05, 0.1) is 12.4 Å². The fourth-order valence-corrected chi connectivity index (χ4v) is 7.02. The molecule has 0 aromatic heterocycles. The van der Waals surface area contributed by atoms with Gasteiger partial charge in [-0.3, -0.25) is 4.79 Å². The topological polar surface area (TPSA) is 57.5 Å². The molecule has 128 valence electrons. The lowest BCUT2D eigenvalue weighted by molar-refractivity contribution is -0.141. The minimum Gasteiger partial charge on any atom is -0.515 e. The van der Waals surface area contributed by atoms with Crippen LogP contribution in [0.4, 0.5) is 0 Å². The van der Waals surface area contributed by atoms with Crippen molar-refractivity contribution >= 4 is 5.78 Å². The van der Waals surface area contributed by atoms with Crippen LogP contribution in [0.1, 0.15) is 65.2 Å². The Labute approximate surface area is 139 Å². The van der Waals surface area contributed by atoms with Crippen molar-refractivity contribution in [2.75, 3.05) is 0 Å². The molecule has 7 atom stereocenters. The Bertz CT molecular complexity index is 553. The number of rotatable bonds is 0. The van der Waals surface area contributed by atoms with E-state index in [1.807, 2.05) is 0 Å². The molecule has 23 heavy (non-hydrogen) atoms. The SMILES string of the molecule is C[C@]12CC[C@H](O)C[C@@H]1CC[C@@H]1[C@@H]2CC[C@]2(C)C(=O)/C(=C\O)C[C@@H]12. The maximum Gasteiger partial charge on any atom is 0.168 e. The summed E-state index contributed by atoms with van der Waals surface area (Å²) in [7, 11) is 0. The summed E-state index contributed by atoms with van der Waals surface area (Å²) in [5.41, 5.74) is 0.759. The van der Waals surface area contributed by atoms with Gasteiger partial charge in [-0.2, -0.15) is 0 Å². The average molecular weight is 318 g/mol. The molecule has 4 rings (SSSR count). The smallest absolute Gasteiger partial charge is 0.168 e. The van der Waals surface area contributed by atoms with Gasteiger partial charge in [0.1, 0.15) is 0 Å². The lowest BCUT2D eigenvalue weighted by atomic mass is 9.45. The van der Waals surface area contributed by atoms with E-state index in [1.54, 1.807) is 0 Å². The van der Waals surface area contributed by atoms with Crippen molar-refractivity contribution in [2.24, 2.45) is 34.5 Å². The van der Waals surface area contributed by atoms with Gasteiger partial charge in [-0.05, 0) is 80.5 Å². The van der Waals surface area contributed by atoms with Crippen LogP contribution in [0.2, 0.25) is 0 Å². The first-order chi connectivity index (χ1) is 10.9. The van der Waals surface area contributed by atoms with Gasteiger partial charge in [-0.15, -0.1) is 0 Å². The summed E-state index contributed by atoms with van der Waals surface area (Å²) in [4.78, 5) is 12.7. The highest BCUT2D eigenvalue weighted by atomic mass is 16.3. The van der Waals surface area contributed by atoms with Crippen LogP contribution >= 0.6 is 0 Å². The molecule has 2 N–H and O–H groups in total. The molecule has 3 nitrogen and oxygen atoms in total. The first-order valence-corrected chi connectivity index (χ1v) is 9.46. The Hall–Kier alpha value is -0.830. The summed E-state index contributed by atoms with van der Waals surface area (Å²) in [6.07, 6.45) is 9.32. The Morgan fingerprint density at radius 3 is 2.61 bits per heavy atom. The van der Waals surface area contributed by atoms with E-state index in [0.29, 0.717) is 34.7 Å². The Kier molecular flexibility index (Phi) is 3.46. The number of Topliss-reactive ketones (excluding diaryl/α,β-unsaturated/α-hetero) is 1. The largest absolute Gasteiger partial charge is 0.515 e. The van der Waals surface area contributed by atoms with E-state index in [2.05, 4.69) is 13.8 Å². The molecule has 0 spiro atoms. The molecule has 0 aliphatic heterocycles. The second-order valence-electron chi connectivity index (χ2n) is 9.23. The molecule has 0 saturated heterocycles. The summed E-state index contributed by atoms with van der Waals surface area (Å²) in [5.74, 6) is 2.58. The Morgan fingerprint density at radius 1 is 1.09 bits per heavy atom. The van der Waals surface area contributed by atoms with Gasteiger partial charge in [0.25, 0.3) is 0 Å². The maximum atomic E-state index is 12.7. The second kappa shape index (κ2) is 5.08. The van der Waals surface area contributed by atoms with Crippen LogP contribution in [0.3, 0.4) is 0 Å². The van der Waals surface area contributed by atoms with E-state index >= 15 is 0 Å². The average Bonchev–Trinajstić information content (AvgIpc) is 2.79. The van der Waals surface area contributed by atoms with Gasteiger partial charge in [0.2, 0.25) is 0 Å². The lowest BCUT2D eigenvalue weighted by Crippen LogP contribution is -2.54. The van der Waals surface area contributed by atoms with Crippen LogP contribution in [0, 0.1) is 34.5 Å². The van der Waals surface area contributed by atoms with Gasteiger partial charge < -0.3 is 10.2 Å². The normalized spacial score (nSPS) is 54.5. The molecule has 4 saturated carbocycles. The lowest BCUT2D eigenvalue weighted by Gasteiger charge is -2.59. The van der Waals surface area contributed by atoms with Crippen molar-refractivity contribution < 1.29 is 15.0 Å². The van der Waals surface area contributed by atoms with Crippen LogP contribution in [0.25, 0.3) is 0 Å². The molecule has 0 unspecified atom stereocenters. The zero-order valence-electron chi connectivity index (χ0n) is 14.4. The Morgan fingerprint density at radius 2 is 1.87 bits per heavy atom. The van der Waals surface area contributed by atoms with Crippen molar-refractivity contribution in [3.8, 4) is 0 Å². The van der Waals surface area contributed by atoms with Gasteiger partial charge in [-0.25, -0.2) is 0 Å². The molecule has 0 radical (unpaired) electrons. The van der Waals surface area contributed by atoms with E-state index in [-0.39, 0.29) is 17.3 Å². The summed E-state index contributed by atoms with van der Waals surface area (Å²) >= 11 is 0. The zero-order chi connectivity index (χ0) is 16.4. The zero-order valence-corrected chi connectivity index (χ0v) is 14.4. The highest BCUT2D eigenvalue weighted by Crippen LogP contribution is 2.65. The number of aliphatic hydroxyl groups excluding tert-OH is 2. The molecular weight excluding hydrogens is 288 g/mol. The molecule has 0 aromatic rings. The Balaban J connectivity index is 1.66. The quantitative estimate of drug-likeness (QED) is 0.524. The maximum absolute atomic E-state index is 12.7. The minimum absolute atomic E-state index is 0.101. The van der Waals surface area contributed by atoms with Crippen molar-refractivity contribution in [1.82, 2.24) is 0 Å².